The summed E-state index contributed by atoms with van der Waals surface area (Å²) in [6.45, 7) is 0.723. The van der Waals surface area contributed by atoms with Gasteiger partial charge in [-0.25, -0.2) is 0 Å². The molecule has 0 fully saturated rings. The summed E-state index contributed by atoms with van der Waals surface area (Å²) in [4.78, 5) is 14.6. The molecule has 0 unspecified atom stereocenters. The van der Waals surface area contributed by atoms with Crippen molar-refractivity contribution in [3.8, 4) is 11.5 Å². The van der Waals surface area contributed by atoms with Gasteiger partial charge in [0.1, 0.15) is 5.75 Å². The average molecular weight is 266 g/mol. The van der Waals surface area contributed by atoms with Crippen LogP contribution in [-0.4, -0.2) is 12.5 Å². The van der Waals surface area contributed by atoms with Crippen LogP contribution in [0.1, 0.15) is 22.3 Å². The molecule has 4 heteroatoms. The van der Waals surface area contributed by atoms with Crippen LogP contribution in [0.15, 0.2) is 36.4 Å². The third-order valence-corrected chi connectivity index (χ3v) is 3.88. The third-order valence-electron chi connectivity index (χ3n) is 3.88. The molecule has 4 nitrogen and oxygen atoms in total. The first-order valence-electron chi connectivity index (χ1n) is 6.75. The van der Waals surface area contributed by atoms with Crippen molar-refractivity contribution in [1.82, 2.24) is 0 Å². The van der Waals surface area contributed by atoms with E-state index in [-0.39, 0.29) is 5.91 Å². The molecule has 2 N–H and O–H groups in total. The number of aryl methyl sites for hydroxylation is 1. The lowest BCUT2D eigenvalue weighted by Crippen LogP contribution is -2.34. The minimum Gasteiger partial charge on any atom is -0.454 e. The first-order chi connectivity index (χ1) is 9.74. The molecule has 0 bridgehead atoms. The van der Waals surface area contributed by atoms with Crippen molar-refractivity contribution < 1.29 is 9.53 Å². The summed E-state index contributed by atoms with van der Waals surface area (Å²) in [5, 5.41) is 0. The number of carbonyl (C=O) groups is 1. The second-order valence-electron chi connectivity index (χ2n) is 5.18. The summed E-state index contributed by atoms with van der Waals surface area (Å²) in [5.41, 5.74) is 9.00. The van der Waals surface area contributed by atoms with Gasteiger partial charge in [0.25, 0.3) is 5.91 Å². The molecule has 4 rings (SSSR count). The Morgan fingerprint density at radius 2 is 2.05 bits per heavy atom. The monoisotopic (exact) mass is 266 g/mol. The van der Waals surface area contributed by atoms with Gasteiger partial charge < -0.3 is 15.4 Å². The lowest BCUT2D eigenvalue weighted by molar-refractivity contribution is 0.0985. The van der Waals surface area contributed by atoms with Gasteiger partial charge in [0.05, 0.1) is 11.3 Å². The Morgan fingerprint density at radius 1 is 1.15 bits per heavy atom. The van der Waals surface area contributed by atoms with E-state index < -0.39 is 0 Å². The van der Waals surface area contributed by atoms with E-state index in [1.807, 2.05) is 17.0 Å². The van der Waals surface area contributed by atoms with E-state index in [0.717, 1.165) is 30.8 Å². The highest BCUT2D eigenvalue weighted by molar-refractivity contribution is 6.10. The lowest BCUT2D eigenvalue weighted by atomic mass is 10.0. The number of nitrogens with zero attached hydrogens (tertiary/aromatic N) is 1. The first kappa shape index (κ1) is 11.3. The number of ether oxygens (including phenoxy) is 1. The molecule has 0 atom stereocenters. The maximum Gasteiger partial charge on any atom is 0.262 e. The standard InChI is InChI=1S/C16H14N2O2/c17-11-6-7-13-12(9-11)16(19)18-8-2-4-10-3-1-5-14(20-13)15(10)18/h1,3,5-7,9H,2,4,8,17H2. The Hall–Kier alpha value is -2.49. The van der Waals surface area contributed by atoms with Crippen LogP contribution in [0.3, 0.4) is 0 Å². The SMILES string of the molecule is Nc1ccc2c(c1)C(=O)N1CCCc3cccc(c31)O2. The second kappa shape index (κ2) is 4.00. The largest absolute Gasteiger partial charge is 0.454 e. The Labute approximate surface area is 116 Å². The van der Waals surface area contributed by atoms with Gasteiger partial charge in [0.15, 0.2) is 5.75 Å². The molecule has 1 amide bonds. The highest BCUT2D eigenvalue weighted by Crippen LogP contribution is 2.43. The predicted molar refractivity (Wildman–Crippen MR) is 77.4 cm³/mol. The first-order valence-corrected chi connectivity index (χ1v) is 6.75. The molecule has 100 valence electrons. The number of amides is 1. The minimum absolute atomic E-state index is 0.0294. The number of carbonyl (C=O) groups excluding carboxylic acids is 1. The van der Waals surface area contributed by atoms with Gasteiger partial charge >= 0.3 is 0 Å². The highest BCUT2D eigenvalue weighted by atomic mass is 16.5. The van der Waals surface area contributed by atoms with Gasteiger partial charge in [-0.05, 0) is 42.7 Å². The predicted octanol–water partition coefficient (Wildman–Crippen LogP) is 2.97. The second-order valence-corrected chi connectivity index (χ2v) is 5.18. The zero-order chi connectivity index (χ0) is 13.7. The van der Waals surface area contributed by atoms with Gasteiger partial charge in [-0.2, -0.15) is 0 Å². The fourth-order valence-corrected chi connectivity index (χ4v) is 2.97. The van der Waals surface area contributed by atoms with Gasteiger partial charge in [-0.1, -0.05) is 12.1 Å². The molecule has 0 aromatic heterocycles. The van der Waals surface area contributed by atoms with Crippen molar-refractivity contribution in [2.75, 3.05) is 17.2 Å². The van der Waals surface area contributed by atoms with E-state index in [9.17, 15) is 4.79 Å². The molecular weight excluding hydrogens is 252 g/mol. The van der Waals surface area contributed by atoms with Crippen molar-refractivity contribution in [1.29, 1.82) is 0 Å². The number of benzene rings is 2. The van der Waals surface area contributed by atoms with Crippen molar-refractivity contribution in [2.24, 2.45) is 0 Å². The molecule has 0 aliphatic carbocycles. The van der Waals surface area contributed by atoms with E-state index in [1.165, 1.54) is 5.56 Å². The molecule has 2 aromatic carbocycles. The Kier molecular flexibility index (Phi) is 2.27. The van der Waals surface area contributed by atoms with Gasteiger partial charge in [-0.15, -0.1) is 0 Å². The Balaban J connectivity index is 1.98. The number of fused-ring (bicyclic) bond motifs is 1. The zero-order valence-corrected chi connectivity index (χ0v) is 10.9. The molecule has 2 aromatic rings. The van der Waals surface area contributed by atoms with Crippen LogP contribution in [0.2, 0.25) is 0 Å². The van der Waals surface area contributed by atoms with Crippen LogP contribution in [0, 0.1) is 0 Å². The quantitative estimate of drug-likeness (QED) is 0.746. The maximum absolute atomic E-state index is 12.8. The minimum atomic E-state index is -0.0294. The number of hydrogen-bond acceptors (Lipinski definition) is 3. The molecule has 0 spiro atoms. The normalized spacial score (nSPS) is 16.0. The summed E-state index contributed by atoms with van der Waals surface area (Å²) < 4.78 is 5.96. The van der Waals surface area contributed by atoms with Crippen molar-refractivity contribution in [2.45, 2.75) is 12.8 Å². The van der Waals surface area contributed by atoms with Crippen LogP contribution < -0.4 is 15.4 Å². The number of anilines is 2. The maximum atomic E-state index is 12.8. The van der Waals surface area contributed by atoms with Crippen LogP contribution in [0.5, 0.6) is 11.5 Å². The van der Waals surface area contributed by atoms with E-state index >= 15 is 0 Å². The summed E-state index contributed by atoms with van der Waals surface area (Å²) in [6, 6.07) is 11.2. The van der Waals surface area contributed by atoms with Crippen LogP contribution in [0.25, 0.3) is 0 Å². The van der Waals surface area contributed by atoms with Crippen LogP contribution in [-0.2, 0) is 6.42 Å². The molecule has 2 heterocycles. The number of nitrogen functional groups attached to an aromatic ring is 1. The molecular formula is C16H14N2O2. The molecule has 2 aliphatic rings. The smallest absolute Gasteiger partial charge is 0.262 e. The Morgan fingerprint density at radius 3 is 2.95 bits per heavy atom. The average Bonchev–Trinajstić information content (AvgIpc) is 2.58. The molecule has 0 saturated heterocycles. The summed E-state index contributed by atoms with van der Waals surface area (Å²) in [5.74, 6) is 1.30. The summed E-state index contributed by atoms with van der Waals surface area (Å²) in [7, 11) is 0. The van der Waals surface area contributed by atoms with Crippen molar-refractivity contribution >= 4 is 17.3 Å². The third kappa shape index (κ3) is 1.51. The summed E-state index contributed by atoms with van der Waals surface area (Å²) in [6.07, 6.45) is 1.95. The van der Waals surface area contributed by atoms with E-state index in [2.05, 4.69) is 6.07 Å². The highest BCUT2D eigenvalue weighted by Gasteiger charge is 2.31. The van der Waals surface area contributed by atoms with Crippen molar-refractivity contribution in [3.05, 3.63) is 47.5 Å². The van der Waals surface area contributed by atoms with Crippen LogP contribution in [0.4, 0.5) is 11.4 Å². The molecule has 2 aliphatic heterocycles. The van der Waals surface area contributed by atoms with Gasteiger partial charge in [-0.3, -0.25) is 4.79 Å². The van der Waals surface area contributed by atoms with Gasteiger partial charge in [0.2, 0.25) is 0 Å². The topological polar surface area (TPSA) is 55.6 Å². The van der Waals surface area contributed by atoms with Gasteiger partial charge in [0, 0.05) is 12.2 Å². The number of hydrogen-bond donors (Lipinski definition) is 1. The summed E-state index contributed by atoms with van der Waals surface area (Å²) >= 11 is 0. The zero-order valence-electron chi connectivity index (χ0n) is 10.9. The molecule has 20 heavy (non-hydrogen) atoms. The van der Waals surface area contributed by atoms with E-state index in [0.29, 0.717) is 17.0 Å². The molecule has 0 saturated carbocycles. The van der Waals surface area contributed by atoms with Crippen LogP contribution >= 0.6 is 0 Å². The number of nitrogens with two attached hydrogens (primary N) is 1. The lowest BCUT2D eigenvalue weighted by Gasteiger charge is -2.28. The van der Waals surface area contributed by atoms with E-state index in [1.54, 1.807) is 18.2 Å². The number of para-hydroxylation sites is 1. The van der Waals surface area contributed by atoms with E-state index in [4.69, 9.17) is 10.5 Å². The fraction of sp³-hybridized carbons (Fsp3) is 0.188. The van der Waals surface area contributed by atoms with Crippen molar-refractivity contribution in [3.63, 3.8) is 0 Å². The number of rotatable bonds is 0. The Bertz CT molecular complexity index is 724. The fourth-order valence-electron chi connectivity index (χ4n) is 2.97. The molecule has 0 radical (unpaired) electrons.